The smallest absolute Gasteiger partial charge is 0.303 e. The van der Waals surface area contributed by atoms with Crippen molar-refractivity contribution in [3.8, 4) is 5.75 Å². The zero-order valence-electron chi connectivity index (χ0n) is 16.9. The topological polar surface area (TPSA) is 114 Å². The first-order chi connectivity index (χ1) is 13.8. The maximum atomic E-state index is 12.7. The maximum absolute atomic E-state index is 12.7. The largest absolute Gasteiger partial charge is 0.493 e. The van der Waals surface area contributed by atoms with Crippen molar-refractivity contribution in [3.05, 3.63) is 22.7 Å². The van der Waals surface area contributed by atoms with Crippen molar-refractivity contribution in [1.29, 1.82) is 0 Å². The number of carboxylic acid groups (broad SMARTS) is 1. The molecule has 0 radical (unpaired) electrons. The van der Waals surface area contributed by atoms with Gasteiger partial charge in [0.15, 0.2) is 0 Å². The number of nitrogens with one attached hydrogen (secondary N) is 1. The van der Waals surface area contributed by atoms with E-state index >= 15 is 0 Å². The molecule has 162 valence electrons. The highest BCUT2D eigenvalue weighted by atomic mass is 35.5. The van der Waals surface area contributed by atoms with Crippen LogP contribution in [0.3, 0.4) is 0 Å². The van der Waals surface area contributed by atoms with Crippen LogP contribution >= 0.6 is 11.6 Å². The lowest BCUT2D eigenvalue weighted by Gasteiger charge is -2.37. The molecule has 0 spiro atoms. The van der Waals surface area contributed by atoms with Gasteiger partial charge in [-0.2, -0.15) is 0 Å². The van der Waals surface area contributed by atoms with Gasteiger partial charge in [0.05, 0.1) is 35.6 Å². The van der Waals surface area contributed by atoms with Crippen LogP contribution in [0.1, 0.15) is 43.5 Å². The number of hydrogen-bond donors (Lipinski definition) is 3. The van der Waals surface area contributed by atoms with Crippen LogP contribution < -0.4 is 15.8 Å². The minimum atomic E-state index is -0.769. The normalized spacial score (nSPS) is 18.2. The number of aliphatic carboxylic acids is 1. The highest BCUT2D eigenvalue weighted by Gasteiger charge is 2.25. The molecule has 1 aromatic rings. The zero-order chi connectivity index (χ0) is 21.4. The molecule has 0 aliphatic carbocycles. The number of nitrogen functional groups attached to an aromatic ring is 1. The standard InChI is InChI=1S/C20H30ClN3O5/c1-3-28-18-10-17(22)16(21)9-15(18)20(27)23-11-14-12-24(7-8-29-14)13(2)5-4-6-19(25)26/h9-10,13-14H,3-8,11-12,22H2,1-2H3,(H,23,27)(H,25,26)/t13?,14-/m1/s1. The van der Waals surface area contributed by atoms with Gasteiger partial charge in [0.2, 0.25) is 0 Å². The number of rotatable bonds is 10. The highest BCUT2D eigenvalue weighted by molar-refractivity contribution is 6.33. The monoisotopic (exact) mass is 427 g/mol. The van der Waals surface area contributed by atoms with E-state index in [0.29, 0.717) is 54.7 Å². The quantitative estimate of drug-likeness (QED) is 0.491. The van der Waals surface area contributed by atoms with E-state index < -0.39 is 5.97 Å². The van der Waals surface area contributed by atoms with E-state index in [2.05, 4.69) is 17.1 Å². The fraction of sp³-hybridized carbons (Fsp3) is 0.600. The summed E-state index contributed by atoms with van der Waals surface area (Å²) in [6.45, 7) is 6.71. The lowest BCUT2D eigenvalue weighted by Crippen LogP contribution is -2.50. The third-order valence-corrected chi connectivity index (χ3v) is 5.27. The molecule has 1 saturated heterocycles. The van der Waals surface area contributed by atoms with Gasteiger partial charge in [0.25, 0.3) is 5.91 Å². The lowest BCUT2D eigenvalue weighted by molar-refractivity contribution is -0.137. The predicted octanol–water partition coefficient (Wildman–Crippen LogP) is 2.39. The molecule has 1 fully saturated rings. The summed E-state index contributed by atoms with van der Waals surface area (Å²) in [5.41, 5.74) is 6.49. The van der Waals surface area contributed by atoms with Crippen LogP contribution in [-0.4, -0.2) is 66.9 Å². The molecule has 1 aliphatic rings. The van der Waals surface area contributed by atoms with E-state index in [1.54, 1.807) is 6.07 Å². The Bertz CT molecular complexity index is 716. The number of benzene rings is 1. The van der Waals surface area contributed by atoms with E-state index in [1.807, 2.05) is 6.92 Å². The van der Waals surface area contributed by atoms with E-state index in [4.69, 9.17) is 31.9 Å². The number of halogens is 1. The zero-order valence-corrected chi connectivity index (χ0v) is 17.7. The summed E-state index contributed by atoms with van der Waals surface area (Å²) >= 11 is 6.07. The Hall–Kier alpha value is -2.03. The minimum Gasteiger partial charge on any atom is -0.493 e. The first kappa shape index (κ1) is 23.3. The average Bonchev–Trinajstić information content (AvgIpc) is 2.68. The van der Waals surface area contributed by atoms with Crippen molar-refractivity contribution >= 4 is 29.2 Å². The van der Waals surface area contributed by atoms with Crippen molar-refractivity contribution in [2.75, 3.05) is 38.6 Å². The summed E-state index contributed by atoms with van der Waals surface area (Å²) in [5, 5.41) is 12.0. The second-order valence-electron chi connectivity index (χ2n) is 7.14. The Balaban J connectivity index is 1.90. The van der Waals surface area contributed by atoms with Gasteiger partial charge in [-0.15, -0.1) is 0 Å². The number of ether oxygens (including phenoxy) is 2. The molecular formula is C20H30ClN3O5. The van der Waals surface area contributed by atoms with Crippen LogP contribution in [0.5, 0.6) is 5.75 Å². The summed E-state index contributed by atoms with van der Waals surface area (Å²) in [6.07, 6.45) is 1.50. The molecule has 0 bridgehead atoms. The van der Waals surface area contributed by atoms with E-state index in [9.17, 15) is 9.59 Å². The van der Waals surface area contributed by atoms with Crippen molar-refractivity contribution in [1.82, 2.24) is 10.2 Å². The number of hydrogen-bond acceptors (Lipinski definition) is 6. The van der Waals surface area contributed by atoms with Gasteiger partial charge in [0, 0.05) is 38.2 Å². The molecule has 9 heteroatoms. The molecular weight excluding hydrogens is 398 g/mol. The molecule has 8 nitrogen and oxygen atoms in total. The molecule has 2 rings (SSSR count). The van der Waals surface area contributed by atoms with Crippen LogP contribution in [-0.2, 0) is 9.53 Å². The number of carboxylic acids is 1. The SMILES string of the molecule is CCOc1cc(N)c(Cl)cc1C(=O)NC[C@@H]1CN(C(C)CCCC(=O)O)CCO1. The van der Waals surface area contributed by atoms with Crippen molar-refractivity contribution in [2.24, 2.45) is 0 Å². The van der Waals surface area contributed by atoms with Gasteiger partial charge >= 0.3 is 5.97 Å². The number of anilines is 1. The van der Waals surface area contributed by atoms with E-state index in [0.717, 1.165) is 13.0 Å². The molecule has 0 saturated carbocycles. The molecule has 1 aromatic carbocycles. The number of amides is 1. The van der Waals surface area contributed by atoms with Gasteiger partial charge in [-0.1, -0.05) is 11.6 Å². The van der Waals surface area contributed by atoms with Gasteiger partial charge in [-0.25, -0.2) is 0 Å². The Morgan fingerprint density at radius 2 is 2.24 bits per heavy atom. The van der Waals surface area contributed by atoms with Gasteiger partial charge in [-0.05, 0) is 32.8 Å². The number of nitrogens with two attached hydrogens (primary N) is 1. The summed E-state index contributed by atoms with van der Waals surface area (Å²) in [7, 11) is 0. The first-order valence-corrected chi connectivity index (χ1v) is 10.3. The summed E-state index contributed by atoms with van der Waals surface area (Å²) in [5.74, 6) is -0.676. The molecule has 1 aliphatic heterocycles. The van der Waals surface area contributed by atoms with Crippen molar-refractivity contribution < 1.29 is 24.2 Å². The number of carbonyl (C=O) groups excluding carboxylic acids is 1. The van der Waals surface area contributed by atoms with Crippen LogP contribution in [0, 0.1) is 0 Å². The summed E-state index contributed by atoms with van der Waals surface area (Å²) < 4.78 is 11.3. The molecule has 29 heavy (non-hydrogen) atoms. The first-order valence-electron chi connectivity index (χ1n) is 9.89. The number of nitrogens with zero attached hydrogens (tertiary/aromatic N) is 1. The van der Waals surface area contributed by atoms with Crippen molar-refractivity contribution in [3.63, 3.8) is 0 Å². The highest BCUT2D eigenvalue weighted by Crippen LogP contribution is 2.29. The molecule has 0 aromatic heterocycles. The molecule has 4 N–H and O–H groups in total. The van der Waals surface area contributed by atoms with E-state index in [-0.39, 0.29) is 24.5 Å². The third kappa shape index (κ3) is 7.06. The second-order valence-corrected chi connectivity index (χ2v) is 7.54. The van der Waals surface area contributed by atoms with Crippen molar-refractivity contribution in [2.45, 2.75) is 45.3 Å². The Morgan fingerprint density at radius 3 is 2.93 bits per heavy atom. The average molecular weight is 428 g/mol. The van der Waals surface area contributed by atoms with Gasteiger partial charge < -0.3 is 25.6 Å². The summed E-state index contributed by atoms with van der Waals surface area (Å²) in [6, 6.07) is 3.32. The van der Waals surface area contributed by atoms with E-state index in [1.165, 1.54) is 6.07 Å². The maximum Gasteiger partial charge on any atom is 0.303 e. The Labute approximate surface area is 176 Å². The Kier molecular flexibility index (Phi) is 9.00. The molecule has 1 unspecified atom stereocenters. The number of carbonyl (C=O) groups is 2. The van der Waals surface area contributed by atoms with Gasteiger partial charge in [-0.3, -0.25) is 14.5 Å². The minimum absolute atomic E-state index is 0.144. The molecule has 2 atom stereocenters. The second kappa shape index (κ2) is 11.2. The lowest BCUT2D eigenvalue weighted by atomic mass is 10.1. The predicted molar refractivity (Wildman–Crippen MR) is 112 cm³/mol. The Morgan fingerprint density at radius 1 is 1.48 bits per heavy atom. The van der Waals surface area contributed by atoms with Crippen LogP contribution in [0.4, 0.5) is 5.69 Å². The van der Waals surface area contributed by atoms with Crippen LogP contribution in [0.2, 0.25) is 5.02 Å². The third-order valence-electron chi connectivity index (χ3n) is 4.94. The number of morpholine rings is 1. The fourth-order valence-electron chi connectivity index (χ4n) is 3.32. The fourth-order valence-corrected chi connectivity index (χ4v) is 3.48. The molecule has 1 heterocycles. The van der Waals surface area contributed by atoms with Crippen LogP contribution in [0.15, 0.2) is 12.1 Å². The molecule has 1 amide bonds. The van der Waals surface area contributed by atoms with Crippen LogP contribution in [0.25, 0.3) is 0 Å². The van der Waals surface area contributed by atoms with Gasteiger partial charge in [0.1, 0.15) is 5.75 Å². The summed E-state index contributed by atoms with van der Waals surface area (Å²) in [4.78, 5) is 25.6.